The van der Waals surface area contributed by atoms with E-state index in [9.17, 15) is 9.59 Å². The van der Waals surface area contributed by atoms with Gasteiger partial charge in [-0.25, -0.2) is 15.0 Å². The first-order valence-corrected chi connectivity index (χ1v) is 12.0. The number of carbonyl (C=O) groups is 1. The lowest BCUT2D eigenvalue weighted by Crippen LogP contribution is -2.25. The normalized spacial score (nSPS) is 15.9. The molecule has 2 aromatic heterocycles. The van der Waals surface area contributed by atoms with Crippen LogP contribution in [0.3, 0.4) is 0 Å². The molecule has 0 saturated carbocycles. The van der Waals surface area contributed by atoms with Gasteiger partial charge in [-0.2, -0.15) is 0 Å². The number of hydrogen-bond donors (Lipinski definition) is 1. The second kappa shape index (κ2) is 8.52. The highest BCUT2D eigenvalue weighted by Gasteiger charge is 2.22. The Hall–Kier alpha value is -3.81. The van der Waals surface area contributed by atoms with Crippen LogP contribution in [-0.2, 0) is 13.0 Å². The van der Waals surface area contributed by atoms with Crippen molar-refractivity contribution in [2.45, 2.75) is 45.1 Å². The number of anilines is 2. The number of fused-ring (bicyclic) bond motifs is 3. The summed E-state index contributed by atoms with van der Waals surface area (Å²) in [6.07, 6.45) is 6.09. The molecule has 0 bridgehead atoms. The molecular weight excluding hydrogens is 428 g/mol. The number of para-hydroxylation sites is 2. The van der Waals surface area contributed by atoms with Crippen LogP contribution in [0.2, 0.25) is 0 Å². The van der Waals surface area contributed by atoms with E-state index < -0.39 is 0 Å². The van der Waals surface area contributed by atoms with Gasteiger partial charge in [0.25, 0.3) is 11.5 Å². The van der Waals surface area contributed by atoms with E-state index in [2.05, 4.69) is 10.2 Å². The maximum Gasteiger partial charge on any atom is 0.261 e. The van der Waals surface area contributed by atoms with Gasteiger partial charge in [0.1, 0.15) is 5.82 Å². The van der Waals surface area contributed by atoms with Crippen LogP contribution in [0.1, 0.15) is 48.3 Å². The zero-order chi connectivity index (χ0) is 23.1. The number of nitrogens with one attached hydrogen (secondary N) is 1. The number of amides is 1. The van der Waals surface area contributed by atoms with E-state index in [4.69, 9.17) is 15.0 Å². The maximum atomic E-state index is 13.3. The average Bonchev–Trinajstić information content (AvgIpc) is 3.29. The van der Waals surface area contributed by atoms with Crippen LogP contribution < -0.4 is 15.8 Å². The highest BCUT2D eigenvalue weighted by molar-refractivity contribution is 6.07. The van der Waals surface area contributed by atoms with Gasteiger partial charge in [0.05, 0.1) is 21.9 Å². The highest BCUT2D eigenvalue weighted by atomic mass is 16.1. The van der Waals surface area contributed by atoms with Crippen molar-refractivity contribution in [3.8, 4) is 0 Å². The summed E-state index contributed by atoms with van der Waals surface area (Å²) in [7, 11) is 0. The number of aryl methyl sites for hydroxylation is 1. The molecule has 2 aliphatic rings. The molecule has 1 N–H and O–H groups in total. The van der Waals surface area contributed by atoms with Gasteiger partial charge < -0.3 is 10.2 Å². The lowest BCUT2D eigenvalue weighted by atomic mass is 10.1. The predicted molar refractivity (Wildman–Crippen MR) is 132 cm³/mol. The summed E-state index contributed by atoms with van der Waals surface area (Å²) < 4.78 is 1.79. The second-order valence-corrected chi connectivity index (χ2v) is 9.06. The van der Waals surface area contributed by atoms with E-state index in [-0.39, 0.29) is 11.5 Å². The van der Waals surface area contributed by atoms with Gasteiger partial charge in [-0.1, -0.05) is 18.6 Å². The summed E-state index contributed by atoms with van der Waals surface area (Å²) in [6.45, 7) is 2.49. The standard InChI is InChI=1S/C26H26N6O2/c33-25(17-11-12-18-21(16-17)27-22-10-2-1-5-15-32(22)26(18)34)30-23-24(31-13-6-7-14-31)29-20-9-4-3-8-19(20)28-23/h3-4,8-9,11-12,16H,1-2,5-7,10,13-15H2,(H,28,30,33). The van der Waals surface area contributed by atoms with Crippen LogP contribution in [0.4, 0.5) is 11.6 Å². The van der Waals surface area contributed by atoms with Crippen LogP contribution in [0.5, 0.6) is 0 Å². The molecule has 0 radical (unpaired) electrons. The molecule has 0 aliphatic carbocycles. The Labute approximate surface area is 196 Å². The number of nitrogens with zero attached hydrogens (tertiary/aromatic N) is 5. The first kappa shape index (κ1) is 20.8. The third-order valence-corrected chi connectivity index (χ3v) is 6.77. The number of carbonyl (C=O) groups excluding carboxylic acids is 1. The van der Waals surface area contributed by atoms with E-state index in [1.807, 2.05) is 24.3 Å². The van der Waals surface area contributed by atoms with Gasteiger partial charge in [-0.15, -0.1) is 0 Å². The van der Waals surface area contributed by atoms with Gasteiger partial charge in [0, 0.05) is 31.6 Å². The van der Waals surface area contributed by atoms with E-state index in [0.717, 1.165) is 68.5 Å². The van der Waals surface area contributed by atoms with Crippen molar-refractivity contribution in [3.05, 3.63) is 64.2 Å². The molecular formula is C26H26N6O2. The Kier molecular flexibility index (Phi) is 5.20. The number of benzene rings is 2. The monoisotopic (exact) mass is 454 g/mol. The van der Waals surface area contributed by atoms with Crippen LogP contribution in [0.25, 0.3) is 21.9 Å². The first-order chi connectivity index (χ1) is 16.7. The molecule has 2 aromatic carbocycles. The van der Waals surface area contributed by atoms with Gasteiger partial charge in [0.2, 0.25) is 0 Å². The van der Waals surface area contributed by atoms with Crippen LogP contribution in [-0.4, -0.2) is 38.5 Å². The molecule has 0 spiro atoms. The molecule has 0 atom stereocenters. The third kappa shape index (κ3) is 3.69. The number of hydrogen-bond acceptors (Lipinski definition) is 6. The maximum absolute atomic E-state index is 13.3. The van der Waals surface area contributed by atoms with E-state index in [1.165, 1.54) is 0 Å². The van der Waals surface area contributed by atoms with Gasteiger partial charge >= 0.3 is 0 Å². The molecule has 1 amide bonds. The summed E-state index contributed by atoms with van der Waals surface area (Å²) in [6, 6.07) is 12.8. The summed E-state index contributed by atoms with van der Waals surface area (Å²) in [5.74, 6) is 1.68. The highest BCUT2D eigenvalue weighted by Crippen LogP contribution is 2.28. The van der Waals surface area contributed by atoms with Crippen LogP contribution in [0.15, 0.2) is 47.3 Å². The quantitative estimate of drug-likeness (QED) is 0.504. The predicted octanol–water partition coefficient (Wildman–Crippen LogP) is 3.92. The minimum atomic E-state index is -0.288. The molecule has 4 heterocycles. The Morgan fingerprint density at radius 2 is 1.59 bits per heavy atom. The van der Waals surface area contributed by atoms with Crippen molar-refractivity contribution in [1.82, 2.24) is 19.5 Å². The van der Waals surface area contributed by atoms with Gasteiger partial charge in [-0.3, -0.25) is 14.2 Å². The summed E-state index contributed by atoms with van der Waals surface area (Å²) in [5, 5.41) is 3.53. The molecule has 4 aromatic rings. The lowest BCUT2D eigenvalue weighted by Gasteiger charge is -2.20. The minimum Gasteiger partial charge on any atom is -0.354 e. The van der Waals surface area contributed by atoms with E-state index >= 15 is 0 Å². The molecule has 6 rings (SSSR count). The topological polar surface area (TPSA) is 93.0 Å². The molecule has 172 valence electrons. The van der Waals surface area contributed by atoms with Gasteiger partial charge in [0.15, 0.2) is 11.6 Å². The molecule has 1 fully saturated rings. The average molecular weight is 455 g/mol. The summed E-state index contributed by atoms with van der Waals surface area (Å²) >= 11 is 0. The Morgan fingerprint density at radius 3 is 2.41 bits per heavy atom. The molecule has 8 heteroatoms. The molecule has 34 heavy (non-hydrogen) atoms. The number of rotatable bonds is 3. The number of aromatic nitrogens is 4. The SMILES string of the molecule is O=C(Nc1nc2ccccc2nc1N1CCCC1)c1ccc2c(=O)n3c(nc2c1)CCCCC3. The smallest absolute Gasteiger partial charge is 0.261 e. The van der Waals surface area contributed by atoms with E-state index in [1.54, 1.807) is 22.8 Å². The summed E-state index contributed by atoms with van der Waals surface area (Å²) in [4.78, 5) is 42.8. The molecule has 1 saturated heterocycles. The fourth-order valence-electron chi connectivity index (χ4n) is 4.96. The second-order valence-electron chi connectivity index (χ2n) is 9.06. The van der Waals surface area contributed by atoms with Crippen molar-refractivity contribution in [2.24, 2.45) is 0 Å². The van der Waals surface area contributed by atoms with Gasteiger partial charge in [-0.05, 0) is 56.0 Å². The Bertz CT molecular complexity index is 1470. The van der Waals surface area contributed by atoms with Crippen molar-refractivity contribution in [2.75, 3.05) is 23.3 Å². The third-order valence-electron chi connectivity index (χ3n) is 6.77. The van der Waals surface area contributed by atoms with Crippen LogP contribution >= 0.6 is 0 Å². The first-order valence-electron chi connectivity index (χ1n) is 12.0. The van der Waals surface area contributed by atoms with Crippen molar-refractivity contribution < 1.29 is 4.79 Å². The van der Waals surface area contributed by atoms with E-state index in [0.29, 0.717) is 34.6 Å². The van der Waals surface area contributed by atoms with Crippen molar-refractivity contribution in [3.63, 3.8) is 0 Å². The zero-order valence-electron chi connectivity index (χ0n) is 19.0. The fourth-order valence-corrected chi connectivity index (χ4v) is 4.96. The largest absolute Gasteiger partial charge is 0.354 e. The molecule has 0 unspecified atom stereocenters. The van der Waals surface area contributed by atoms with Crippen LogP contribution in [0, 0.1) is 0 Å². The summed E-state index contributed by atoms with van der Waals surface area (Å²) in [5.41, 5.74) is 2.52. The lowest BCUT2D eigenvalue weighted by molar-refractivity contribution is 0.102. The Morgan fingerprint density at radius 1 is 0.824 bits per heavy atom. The zero-order valence-corrected chi connectivity index (χ0v) is 19.0. The molecule has 8 nitrogen and oxygen atoms in total. The Balaban J connectivity index is 1.37. The van der Waals surface area contributed by atoms with Crippen molar-refractivity contribution in [1.29, 1.82) is 0 Å². The fraction of sp³-hybridized carbons (Fsp3) is 0.346. The van der Waals surface area contributed by atoms with Crippen molar-refractivity contribution >= 4 is 39.5 Å². The minimum absolute atomic E-state index is 0.0226. The molecule has 2 aliphatic heterocycles.